The second kappa shape index (κ2) is 5.55. The van der Waals surface area contributed by atoms with Gasteiger partial charge in [0.25, 0.3) is 5.91 Å². The van der Waals surface area contributed by atoms with Gasteiger partial charge in [-0.05, 0) is 19.9 Å². The van der Waals surface area contributed by atoms with Gasteiger partial charge >= 0.3 is 0 Å². The molecule has 1 aromatic rings. The Morgan fingerprint density at radius 1 is 1.69 bits per heavy atom. The van der Waals surface area contributed by atoms with E-state index in [-0.39, 0.29) is 12.0 Å². The van der Waals surface area contributed by atoms with Gasteiger partial charge in [-0.3, -0.25) is 4.79 Å². The van der Waals surface area contributed by atoms with Gasteiger partial charge < -0.3 is 20.4 Å². The highest BCUT2D eigenvalue weighted by molar-refractivity contribution is 5.93. The molecule has 5 heteroatoms. The third kappa shape index (κ3) is 3.27. The molecule has 90 valence electrons. The molecule has 1 rings (SSSR count). The monoisotopic (exact) mass is 225 g/mol. The van der Waals surface area contributed by atoms with E-state index >= 15 is 0 Å². The van der Waals surface area contributed by atoms with Crippen molar-refractivity contribution in [2.45, 2.75) is 20.0 Å². The maximum atomic E-state index is 11.7. The number of nitrogens with zero attached hydrogens (tertiary/aromatic N) is 1. The van der Waals surface area contributed by atoms with Gasteiger partial charge in [-0.2, -0.15) is 0 Å². The molecule has 3 N–H and O–H groups in total. The molecule has 0 fully saturated rings. The van der Waals surface area contributed by atoms with Gasteiger partial charge in [0.15, 0.2) is 0 Å². The van der Waals surface area contributed by atoms with Crippen molar-refractivity contribution in [1.29, 1.82) is 0 Å². The summed E-state index contributed by atoms with van der Waals surface area (Å²) in [6.07, 6.45) is 1.73. The number of carbonyl (C=O) groups excluding carboxylic acids is 1. The van der Waals surface area contributed by atoms with Crippen LogP contribution in [0.1, 0.15) is 24.3 Å². The first-order valence-electron chi connectivity index (χ1n) is 5.36. The highest BCUT2D eigenvalue weighted by Gasteiger charge is 2.11. The molecule has 0 aliphatic heterocycles. The lowest BCUT2D eigenvalue weighted by Gasteiger charge is -2.12. The van der Waals surface area contributed by atoms with Crippen LogP contribution in [0, 0.1) is 0 Å². The molecule has 1 aromatic heterocycles. The molecule has 16 heavy (non-hydrogen) atoms. The van der Waals surface area contributed by atoms with Gasteiger partial charge in [-0.25, -0.2) is 0 Å². The maximum absolute atomic E-state index is 11.7. The summed E-state index contributed by atoms with van der Waals surface area (Å²) in [7, 11) is 1.79. The lowest BCUT2D eigenvalue weighted by atomic mass is 10.3. The van der Waals surface area contributed by atoms with Crippen LogP contribution in [0.5, 0.6) is 0 Å². The number of amides is 1. The lowest BCUT2D eigenvalue weighted by Crippen LogP contribution is -2.33. The number of aromatic nitrogens is 1. The molecular formula is C11H19N3O2. The number of hydrogen-bond acceptors (Lipinski definition) is 3. The van der Waals surface area contributed by atoms with Gasteiger partial charge in [0.2, 0.25) is 0 Å². The molecule has 0 aliphatic carbocycles. The van der Waals surface area contributed by atoms with E-state index in [1.54, 1.807) is 23.9 Å². The molecule has 0 saturated carbocycles. The fourth-order valence-electron chi connectivity index (χ4n) is 1.49. The summed E-state index contributed by atoms with van der Waals surface area (Å²) in [4.78, 5) is 11.7. The van der Waals surface area contributed by atoms with E-state index in [2.05, 4.69) is 5.32 Å². The molecular weight excluding hydrogens is 206 g/mol. The van der Waals surface area contributed by atoms with E-state index in [9.17, 15) is 4.79 Å². The van der Waals surface area contributed by atoms with Gasteiger partial charge in [-0.1, -0.05) is 0 Å². The van der Waals surface area contributed by atoms with Gasteiger partial charge in [0.05, 0.1) is 11.8 Å². The molecule has 0 saturated heterocycles. The SMILES string of the molecule is CCOC(C)CNC(=O)c1cc(N)cn1C. The summed E-state index contributed by atoms with van der Waals surface area (Å²) in [5, 5.41) is 2.80. The zero-order valence-corrected chi connectivity index (χ0v) is 9.99. The molecule has 0 radical (unpaired) electrons. The fourth-order valence-corrected chi connectivity index (χ4v) is 1.49. The number of carbonyl (C=O) groups is 1. The van der Waals surface area contributed by atoms with Crippen LogP contribution in [-0.2, 0) is 11.8 Å². The number of nitrogens with one attached hydrogen (secondary N) is 1. The first kappa shape index (κ1) is 12.6. The summed E-state index contributed by atoms with van der Waals surface area (Å²) in [6.45, 7) is 4.99. The minimum atomic E-state index is -0.134. The number of nitrogen functional groups attached to an aromatic ring is 1. The van der Waals surface area contributed by atoms with Crippen LogP contribution >= 0.6 is 0 Å². The predicted molar refractivity (Wildman–Crippen MR) is 63.2 cm³/mol. The second-order valence-corrected chi connectivity index (χ2v) is 3.75. The lowest BCUT2D eigenvalue weighted by molar-refractivity contribution is 0.0692. The Balaban J connectivity index is 2.50. The van der Waals surface area contributed by atoms with E-state index in [0.717, 1.165) is 0 Å². The van der Waals surface area contributed by atoms with Gasteiger partial charge in [0, 0.05) is 26.4 Å². The van der Waals surface area contributed by atoms with Crippen LogP contribution in [0.4, 0.5) is 5.69 Å². The number of nitrogens with two attached hydrogens (primary N) is 1. The van der Waals surface area contributed by atoms with Crippen LogP contribution in [0.2, 0.25) is 0 Å². The zero-order chi connectivity index (χ0) is 12.1. The average molecular weight is 225 g/mol. The Morgan fingerprint density at radius 3 is 2.88 bits per heavy atom. The van der Waals surface area contributed by atoms with Crippen molar-refractivity contribution in [1.82, 2.24) is 9.88 Å². The highest BCUT2D eigenvalue weighted by Crippen LogP contribution is 2.08. The number of aryl methyl sites for hydroxylation is 1. The number of ether oxygens (including phenoxy) is 1. The normalized spacial score (nSPS) is 12.4. The molecule has 5 nitrogen and oxygen atoms in total. The molecule has 0 aliphatic rings. The van der Waals surface area contributed by atoms with Crippen molar-refractivity contribution in [2.75, 3.05) is 18.9 Å². The molecule has 0 aromatic carbocycles. The Kier molecular flexibility index (Phi) is 4.37. The Labute approximate surface area is 95.6 Å². The predicted octanol–water partition coefficient (Wildman–Crippen LogP) is 0.762. The van der Waals surface area contributed by atoms with Crippen LogP contribution in [0.15, 0.2) is 12.3 Å². The smallest absolute Gasteiger partial charge is 0.268 e. The largest absolute Gasteiger partial charge is 0.397 e. The Morgan fingerprint density at radius 2 is 2.38 bits per heavy atom. The summed E-state index contributed by atoms with van der Waals surface area (Å²) < 4.78 is 7.02. The third-order valence-corrected chi connectivity index (χ3v) is 2.26. The average Bonchev–Trinajstić information content (AvgIpc) is 2.55. The van der Waals surface area contributed by atoms with E-state index in [4.69, 9.17) is 10.5 Å². The molecule has 1 unspecified atom stereocenters. The van der Waals surface area contributed by atoms with E-state index in [0.29, 0.717) is 24.5 Å². The Hall–Kier alpha value is -1.49. The van der Waals surface area contributed by atoms with Crippen molar-refractivity contribution in [3.63, 3.8) is 0 Å². The summed E-state index contributed by atoms with van der Waals surface area (Å²) in [5.41, 5.74) is 6.74. The number of anilines is 1. The summed E-state index contributed by atoms with van der Waals surface area (Å²) >= 11 is 0. The van der Waals surface area contributed by atoms with Crippen LogP contribution in [-0.4, -0.2) is 29.7 Å². The van der Waals surface area contributed by atoms with E-state index in [1.165, 1.54) is 0 Å². The van der Waals surface area contributed by atoms with Crippen LogP contribution in [0.25, 0.3) is 0 Å². The topological polar surface area (TPSA) is 69.3 Å². The molecule has 1 atom stereocenters. The van der Waals surface area contributed by atoms with Gasteiger partial charge in [0.1, 0.15) is 5.69 Å². The standard InChI is InChI=1S/C11H19N3O2/c1-4-16-8(2)6-13-11(15)10-5-9(12)7-14(10)3/h5,7-8H,4,6,12H2,1-3H3,(H,13,15). The van der Waals surface area contributed by atoms with Crippen molar-refractivity contribution in [3.8, 4) is 0 Å². The zero-order valence-electron chi connectivity index (χ0n) is 9.99. The highest BCUT2D eigenvalue weighted by atomic mass is 16.5. The van der Waals surface area contributed by atoms with Crippen molar-refractivity contribution in [2.24, 2.45) is 7.05 Å². The van der Waals surface area contributed by atoms with Crippen LogP contribution in [0.3, 0.4) is 0 Å². The summed E-state index contributed by atoms with van der Waals surface area (Å²) in [6, 6.07) is 1.65. The first-order chi connectivity index (χ1) is 7.54. The minimum absolute atomic E-state index is 0.0200. The van der Waals surface area contributed by atoms with Gasteiger partial charge in [-0.15, -0.1) is 0 Å². The molecule has 1 heterocycles. The number of hydrogen-bond donors (Lipinski definition) is 2. The van der Waals surface area contributed by atoms with E-state index < -0.39 is 0 Å². The third-order valence-electron chi connectivity index (χ3n) is 2.26. The molecule has 0 bridgehead atoms. The van der Waals surface area contributed by atoms with Crippen molar-refractivity contribution >= 4 is 11.6 Å². The second-order valence-electron chi connectivity index (χ2n) is 3.75. The Bertz CT molecular complexity index is 360. The molecule has 0 spiro atoms. The fraction of sp³-hybridized carbons (Fsp3) is 0.545. The maximum Gasteiger partial charge on any atom is 0.268 e. The quantitative estimate of drug-likeness (QED) is 0.777. The van der Waals surface area contributed by atoms with E-state index in [1.807, 2.05) is 13.8 Å². The molecule has 1 amide bonds. The summed E-state index contributed by atoms with van der Waals surface area (Å²) in [5.74, 6) is -0.134. The number of rotatable bonds is 5. The van der Waals surface area contributed by atoms with Crippen molar-refractivity contribution < 1.29 is 9.53 Å². The van der Waals surface area contributed by atoms with Crippen molar-refractivity contribution in [3.05, 3.63) is 18.0 Å². The first-order valence-corrected chi connectivity index (χ1v) is 5.36. The van der Waals surface area contributed by atoms with Crippen LogP contribution < -0.4 is 11.1 Å². The minimum Gasteiger partial charge on any atom is -0.397 e.